The molecule has 70 valence electrons. The van der Waals surface area contributed by atoms with Crippen molar-refractivity contribution >= 4 is 27.5 Å². The third-order valence-electron chi connectivity index (χ3n) is 1.32. The van der Waals surface area contributed by atoms with Gasteiger partial charge < -0.3 is 10.1 Å². The summed E-state index contributed by atoms with van der Waals surface area (Å²) < 4.78 is 5.42. The zero-order chi connectivity index (χ0) is 9.68. The van der Waals surface area contributed by atoms with E-state index in [1.54, 1.807) is 18.5 Å². The SMILES string of the molecule is COCC(=O)Nc1ccncc1Br. The van der Waals surface area contributed by atoms with Crippen molar-refractivity contribution in [3.05, 3.63) is 22.9 Å². The third kappa shape index (κ3) is 3.12. The number of carbonyl (C=O) groups excluding carboxylic acids is 1. The van der Waals surface area contributed by atoms with E-state index in [1.807, 2.05) is 0 Å². The second-order valence-corrected chi connectivity index (χ2v) is 3.19. The quantitative estimate of drug-likeness (QED) is 0.876. The van der Waals surface area contributed by atoms with E-state index in [4.69, 9.17) is 0 Å². The molecule has 0 aliphatic carbocycles. The minimum atomic E-state index is -0.186. The second kappa shape index (κ2) is 4.94. The van der Waals surface area contributed by atoms with Gasteiger partial charge in [-0.15, -0.1) is 0 Å². The smallest absolute Gasteiger partial charge is 0.250 e. The van der Waals surface area contributed by atoms with Crippen molar-refractivity contribution in [2.24, 2.45) is 0 Å². The van der Waals surface area contributed by atoms with E-state index in [0.717, 1.165) is 4.47 Å². The molecule has 13 heavy (non-hydrogen) atoms. The first kappa shape index (κ1) is 10.1. The number of pyridine rings is 1. The molecule has 0 unspecified atom stereocenters. The Hall–Kier alpha value is -0.940. The van der Waals surface area contributed by atoms with Crippen LogP contribution in [0, 0.1) is 0 Å². The molecule has 0 saturated carbocycles. The molecule has 0 radical (unpaired) electrons. The summed E-state index contributed by atoms with van der Waals surface area (Å²) in [5, 5.41) is 2.66. The fraction of sp³-hybridized carbons (Fsp3) is 0.250. The van der Waals surface area contributed by atoms with Crippen LogP contribution in [0.4, 0.5) is 5.69 Å². The summed E-state index contributed by atoms with van der Waals surface area (Å²) in [6.45, 7) is 0.0504. The molecule has 0 atom stereocenters. The van der Waals surface area contributed by atoms with Crippen LogP contribution in [0.3, 0.4) is 0 Å². The Bertz CT molecular complexity index is 304. The molecule has 0 aromatic carbocycles. The minimum absolute atomic E-state index is 0.0504. The predicted molar refractivity (Wildman–Crippen MR) is 52.4 cm³/mol. The van der Waals surface area contributed by atoms with Crippen molar-refractivity contribution in [1.82, 2.24) is 4.98 Å². The van der Waals surface area contributed by atoms with Crippen LogP contribution in [0.1, 0.15) is 0 Å². The summed E-state index contributed by atoms with van der Waals surface area (Å²) in [5.41, 5.74) is 0.692. The zero-order valence-electron chi connectivity index (χ0n) is 7.08. The van der Waals surface area contributed by atoms with E-state index < -0.39 is 0 Å². The highest BCUT2D eigenvalue weighted by Gasteiger charge is 2.03. The van der Waals surface area contributed by atoms with Crippen molar-refractivity contribution in [1.29, 1.82) is 0 Å². The van der Waals surface area contributed by atoms with E-state index in [1.165, 1.54) is 7.11 Å². The van der Waals surface area contributed by atoms with Crippen LogP contribution in [0.15, 0.2) is 22.9 Å². The lowest BCUT2D eigenvalue weighted by atomic mass is 10.4. The van der Waals surface area contributed by atoms with E-state index in [2.05, 4.69) is 31.0 Å². The topological polar surface area (TPSA) is 51.2 Å². The van der Waals surface area contributed by atoms with Gasteiger partial charge in [0.25, 0.3) is 0 Å². The number of ether oxygens (including phenoxy) is 1. The van der Waals surface area contributed by atoms with Gasteiger partial charge in [0, 0.05) is 19.5 Å². The summed E-state index contributed by atoms with van der Waals surface area (Å²) in [5.74, 6) is -0.186. The molecule has 0 saturated heterocycles. The molecule has 0 spiro atoms. The van der Waals surface area contributed by atoms with Crippen molar-refractivity contribution in [3.8, 4) is 0 Å². The lowest BCUT2D eigenvalue weighted by molar-refractivity contribution is -0.119. The van der Waals surface area contributed by atoms with E-state index in [9.17, 15) is 4.79 Å². The number of amides is 1. The normalized spacial score (nSPS) is 9.69. The highest BCUT2D eigenvalue weighted by Crippen LogP contribution is 2.19. The molecule has 0 aliphatic rings. The van der Waals surface area contributed by atoms with Gasteiger partial charge in [-0.3, -0.25) is 9.78 Å². The number of anilines is 1. The predicted octanol–water partition coefficient (Wildman–Crippen LogP) is 1.43. The average molecular weight is 245 g/mol. The second-order valence-electron chi connectivity index (χ2n) is 2.34. The summed E-state index contributed by atoms with van der Waals surface area (Å²) in [6, 6.07) is 1.71. The average Bonchev–Trinajstić information content (AvgIpc) is 2.09. The zero-order valence-corrected chi connectivity index (χ0v) is 8.67. The maximum atomic E-state index is 11.1. The standard InChI is InChI=1S/C8H9BrN2O2/c1-13-5-8(12)11-7-2-3-10-4-6(7)9/h2-4H,5H2,1H3,(H,10,11,12). The molecular formula is C8H9BrN2O2. The molecule has 1 N–H and O–H groups in total. The van der Waals surface area contributed by atoms with Gasteiger partial charge in [0.15, 0.2) is 0 Å². The summed E-state index contributed by atoms with van der Waals surface area (Å²) in [6.07, 6.45) is 3.22. The fourth-order valence-corrected chi connectivity index (χ4v) is 1.14. The number of aromatic nitrogens is 1. The molecule has 0 aliphatic heterocycles. The molecule has 1 aromatic rings. The van der Waals surface area contributed by atoms with Gasteiger partial charge in [-0.1, -0.05) is 0 Å². The van der Waals surface area contributed by atoms with Crippen LogP contribution in [0.5, 0.6) is 0 Å². The maximum Gasteiger partial charge on any atom is 0.250 e. The molecule has 4 nitrogen and oxygen atoms in total. The van der Waals surface area contributed by atoms with Gasteiger partial charge in [-0.05, 0) is 22.0 Å². The summed E-state index contributed by atoms with van der Waals surface area (Å²) >= 11 is 3.26. The summed E-state index contributed by atoms with van der Waals surface area (Å²) in [4.78, 5) is 15.0. The first-order chi connectivity index (χ1) is 6.24. The number of hydrogen-bond donors (Lipinski definition) is 1. The van der Waals surface area contributed by atoms with E-state index in [0.29, 0.717) is 5.69 Å². The monoisotopic (exact) mass is 244 g/mol. The molecule has 1 amide bonds. The lowest BCUT2D eigenvalue weighted by Crippen LogP contribution is -2.17. The Kier molecular flexibility index (Phi) is 3.85. The lowest BCUT2D eigenvalue weighted by Gasteiger charge is -2.05. The minimum Gasteiger partial charge on any atom is -0.375 e. The number of carbonyl (C=O) groups is 1. The molecule has 0 fully saturated rings. The van der Waals surface area contributed by atoms with Crippen molar-refractivity contribution in [3.63, 3.8) is 0 Å². The molecule has 1 aromatic heterocycles. The number of rotatable bonds is 3. The van der Waals surface area contributed by atoms with Crippen molar-refractivity contribution in [2.45, 2.75) is 0 Å². The van der Waals surface area contributed by atoms with Crippen LogP contribution in [-0.4, -0.2) is 24.6 Å². The first-order valence-corrected chi connectivity index (χ1v) is 4.41. The molecule has 0 bridgehead atoms. The van der Waals surface area contributed by atoms with Gasteiger partial charge >= 0.3 is 0 Å². The molecular weight excluding hydrogens is 236 g/mol. The van der Waals surface area contributed by atoms with Gasteiger partial charge in [0.1, 0.15) is 6.61 Å². The Morgan fingerprint density at radius 1 is 1.77 bits per heavy atom. The number of methoxy groups -OCH3 is 1. The molecule has 1 rings (SSSR count). The largest absolute Gasteiger partial charge is 0.375 e. The number of nitrogens with zero attached hydrogens (tertiary/aromatic N) is 1. The Labute approximate surface area is 84.4 Å². The van der Waals surface area contributed by atoms with Gasteiger partial charge in [-0.2, -0.15) is 0 Å². The molecule has 1 heterocycles. The van der Waals surface area contributed by atoms with E-state index in [-0.39, 0.29) is 12.5 Å². The van der Waals surface area contributed by atoms with Crippen LogP contribution in [0.2, 0.25) is 0 Å². The van der Waals surface area contributed by atoms with E-state index >= 15 is 0 Å². The summed E-state index contributed by atoms with van der Waals surface area (Å²) in [7, 11) is 1.47. The van der Waals surface area contributed by atoms with Gasteiger partial charge in [0.05, 0.1) is 10.2 Å². The number of halogens is 1. The van der Waals surface area contributed by atoms with Gasteiger partial charge in [-0.25, -0.2) is 0 Å². The van der Waals surface area contributed by atoms with Crippen LogP contribution in [-0.2, 0) is 9.53 Å². The molecule has 5 heteroatoms. The van der Waals surface area contributed by atoms with Crippen LogP contribution >= 0.6 is 15.9 Å². The van der Waals surface area contributed by atoms with Crippen molar-refractivity contribution < 1.29 is 9.53 Å². The number of hydrogen-bond acceptors (Lipinski definition) is 3. The van der Waals surface area contributed by atoms with Crippen LogP contribution < -0.4 is 5.32 Å². The van der Waals surface area contributed by atoms with Gasteiger partial charge in [0.2, 0.25) is 5.91 Å². The Morgan fingerprint density at radius 2 is 2.54 bits per heavy atom. The fourth-order valence-electron chi connectivity index (χ4n) is 0.794. The van der Waals surface area contributed by atoms with Crippen molar-refractivity contribution in [2.75, 3.05) is 19.0 Å². The number of nitrogens with one attached hydrogen (secondary N) is 1. The highest BCUT2D eigenvalue weighted by molar-refractivity contribution is 9.10. The Morgan fingerprint density at radius 3 is 3.15 bits per heavy atom. The highest BCUT2D eigenvalue weighted by atomic mass is 79.9. The third-order valence-corrected chi connectivity index (χ3v) is 1.95. The Balaban J connectivity index is 2.63. The maximum absolute atomic E-state index is 11.1. The first-order valence-electron chi connectivity index (χ1n) is 3.62. The van der Waals surface area contributed by atoms with Crippen LogP contribution in [0.25, 0.3) is 0 Å².